The number of benzene rings is 2. The first-order chi connectivity index (χ1) is 28.6. The van der Waals surface area contributed by atoms with Gasteiger partial charge >= 0.3 is 0 Å². The van der Waals surface area contributed by atoms with Gasteiger partial charge in [-0.1, -0.05) is 31.9 Å². The van der Waals surface area contributed by atoms with E-state index in [0.717, 1.165) is 110 Å². The van der Waals surface area contributed by atoms with E-state index in [2.05, 4.69) is 121 Å². The second kappa shape index (κ2) is 18.6. The molecule has 4 aliphatic heterocycles. The van der Waals surface area contributed by atoms with Crippen LogP contribution >= 0.6 is 43.5 Å². The molecule has 316 valence electrons. The minimum Gasteiger partial charge on any atom is -0.394 e. The first kappa shape index (κ1) is 42.7. The second-order valence-electron chi connectivity index (χ2n) is 15.7. The molecule has 19 heteroatoms. The number of rotatable bonds is 9. The Morgan fingerprint density at radius 3 is 1.56 bits per heavy atom. The highest BCUT2D eigenvalue weighted by Gasteiger charge is 2.45. The molecule has 2 unspecified atom stereocenters. The van der Waals surface area contributed by atoms with Crippen LogP contribution in [0.3, 0.4) is 0 Å². The van der Waals surface area contributed by atoms with Crippen molar-refractivity contribution in [3.05, 3.63) is 74.1 Å². The quantitative estimate of drug-likeness (QED) is 0.146. The van der Waals surface area contributed by atoms with Crippen LogP contribution in [-0.4, -0.2) is 127 Å². The Morgan fingerprint density at radius 2 is 1.08 bits per heavy atom. The van der Waals surface area contributed by atoms with Gasteiger partial charge in [0.1, 0.15) is 21.4 Å². The summed E-state index contributed by atoms with van der Waals surface area (Å²) in [4.78, 5) is 26.1. The number of nitrogens with one attached hydrogen (secondary N) is 3. The highest BCUT2D eigenvalue weighted by molar-refractivity contribution is 9.10. The summed E-state index contributed by atoms with van der Waals surface area (Å²) >= 11 is 12.8. The number of aryl methyl sites for hydroxylation is 2. The van der Waals surface area contributed by atoms with E-state index in [0.29, 0.717) is 40.4 Å². The molecule has 0 bridgehead atoms. The van der Waals surface area contributed by atoms with Crippen molar-refractivity contribution in [1.82, 2.24) is 25.3 Å². The largest absolute Gasteiger partial charge is 0.394 e. The number of nitrogens with zero attached hydrogens (tertiary/aromatic N) is 7. The SMILES string of the molecule is Brc1ccc(N2CCNCC2)cc1.O=S1CCc2nc(Cl)nc(NC3(CO)CC3)c21.O=S1CCc2nc(N3CCN(c4ccc(Br)cc4)CC3)nc(NC3(CO)CC3)c21. The van der Waals surface area contributed by atoms with Gasteiger partial charge in [-0.3, -0.25) is 8.42 Å². The van der Waals surface area contributed by atoms with Crippen LogP contribution in [0, 0.1) is 0 Å². The van der Waals surface area contributed by atoms with Crippen LogP contribution in [0.2, 0.25) is 5.28 Å². The molecular formula is C40H49Br2ClN10O4S2. The summed E-state index contributed by atoms with van der Waals surface area (Å²) in [7, 11) is -2.12. The van der Waals surface area contributed by atoms with Gasteiger partial charge in [0, 0.05) is 97.0 Å². The van der Waals surface area contributed by atoms with E-state index in [4.69, 9.17) is 21.6 Å². The van der Waals surface area contributed by atoms with Crippen molar-refractivity contribution in [2.24, 2.45) is 0 Å². The van der Waals surface area contributed by atoms with Gasteiger partial charge < -0.3 is 40.9 Å². The van der Waals surface area contributed by atoms with Crippen molar-refractivity contribution in [2.75, 3.05) is 102 Å². The molecule has 10 rings (SSSR count). The first-order valence-corrected chi connectivity index (χ1v) is 24.7. The smallest absolute Gasteiger partial charge is 0.227 e. The van der Waals surface area contributed by atoms with E-state index in [-0.39, 0.29) is 29.6 Å². The maximum atomic E-state index is 12.5. The van der Waals surface area contributed by atoms with Crippen molar-refractivity contribution < 1.29 is 18.6 Å². The molecule has 6 aliphatic rings. The lowest BCUT2D eigenvalue weighted by Crippen LogP contribution is -2.47. The molecule has 2 saturated heterocycles. The highest BCUT2D eigenvalue weighted by Crippen LogP contribution is 2.42. The molecule has 4 aromatic rings. The molecule has 2 aromatic heterocycles. The summed E-state index contributed by atoms with van der Waals surface area (Å²) < 4.78 is 26.6. The van der Waals surface area contributed by atoms with Gasteiger partial charge in [-0.05, 0) is 85.8 Å². The highest BCUT2D eigenvalue weighted by atomic mass is 79.9. The summed E-state index contributed by atoms with van der Waals surface area (Å²) in [6.07, 6.45) is 5.01. The molecule has 5 N–H and O–H groups in total. The standard InChI is InChI=1S/C20H24BrN5O2S.C10H13BrN2.C10H12ClN3O2S/c21-14-1-3-15(4-2-14)25-8-10-26(11-9-25)19-22-16-5-12-29(28)17(16)18(23-19)24-20(13-27)6-7-20;11-9-1-3-10(4-2-9)13-7-5-12-6-8-13;11-9-12-6-1-4-17(16)7(6)8(13-9)14-10(5-15)2-3-10/h1-4,27H,5-13H2,(H,22,23,24);1-4,12H,5-8H2;15H,1-5H2,(H,12,13,14). The fourth-order valence-electron chi connectivity index (χ4n) is 7.50. The Bertz CT molecular complexity index is 2170. The lowest BCUT2D eigenvalue weighted by molar-refractivity contribution is 0.265. The van der Waals surface area contributed by atoms with E-state index in [1.807, 2.05) is 0 Å². The van der Waals surface area contributed by atoms with Gasteiger partial charge in [0.15, 0.2) is 0 Å². The number of aromatic nitrogens is 4. The summed E-state index contributed by atoms with van der Waals surface area (Å²) in [5.41, 5.74) is 3.60. The van der Waals surface area contributed by atoms with Crippen LogP contribution in [-0.2, 0) is 34.4 Å². The van der Waals surface area contributed by atoms with Gasteiger partial charge in [0.25, 0.3) is 0 Å². The molecule has 0 spiro atoms. The number of fused-ring (bicyclic) bond motifs is 2. The number of aliphatic hydroxyl groups excluding tert-OH is 2. The molecule has 2 aliphatic carbocycles. The third-order valence-electron chi connectivity index (χ3n) is 11.5. The predicted octanol–water partition coefficient (Wildman–Crippen LogP) is 4.76. The Kier molecular flexibility index (Phi) is 13.4. The van der Waals surface area contributed by atoms with Crippen molar-refractivity contribution in [3.8, 4) is 0 Å². The zero-order valence-electron chi connectivity index (χ0n) is 32.6. The molecule has 0 radical (unpaired) electrons. The Hall–Kier alpha value is -2.97. The van der Waals surface area contributed by atoms with Gasteiger partial charge in [-0.2, -0.15) is 9.97 Å². The minimum absolute atomic E-state index is 0.0516. The van der Waals surface area contributed by atoms with Crippen molar-refractivity contribution >= 4 is 94.0 Å². The monoisotopic (exact) mass is 990 g/mol. The third kappa shape index (κ3) is 10.2. The van der Waals surface area contributed by atoms with Gasteiger partial charge in [0.2, 0.25) is 11.2 Å². The minimum atomic E-state index is -1.06. The molecule has 14 nitrogen and oxygen atoms in total. The van der Waals surface area contributed by atoms with Gasteiger partial charge in [-0.25, -0.2) is 9.97 Å². The van der Waals surface area contributed by atoms with Gasteiger partial charge in [0.05, 0.1) is 57.3 Å². The number of piperazine rings is 2. The molecular weight excluding hydrogens is 944 g/mol. The van der Waals surface area contributed by atoms with E-state index in [1.54, 1.807) is 0 Å². The number of halogens is 3. The Labute approximate surface area is 371 Å². The number of hydrogen-bond donors (Lipinski definition) is 5. The lowest BCUT2D eigenvalue weighted by Gasteiger charge is -2.36. The van der Waals surface area contributed by atoms with Crippen LogP contribution in [0.4, 0.5) is 29.0 Å². The molecule has 2 saturated carbocycles. The maximum absolute atomic E-state index is 12.5. The zero-order chi connectivity index (χ0) is 41.1. The lowest BCUT2D eigenvalue weighted by atomic mass is 10.2. The summed E-state index contributed by atoms with van der Waals surface area (Å²) in [5, 5.41) is 29.1. The second-order valence-corrected chi connectivity index (χ2v) is 20.8. The van der Waals surface area contributed by atoms with Crippen molar-refractivity contribution in [3.63, 3.8) is 0 Å². The number of anilines is 5. The molecule has 6 heterocycles. The molecule has 59 heavy (non-hydrogen) atoms. The Balaban J connectivity index is 0.000000136. The number of aliphatic hydroxyl groups is 2. The molecule has 0 amide bonds. The van der Waals surface area contributed by atoms with E-state index >= 15 is 0 Å². The summed E-state index contributed by atoms with van der Waals surface area (Å²) in [6.45, 7) is 8.00. The van der Waals surface area contributed by atoms with Crippen LogP contribution in [0.25, 0.3) is 0 Å². The number of hydrogen-bond acceptors (Lipinski definition) is 14. The average molecular weight is 993 g/mol. The fraction of sp³-hybridized carbons (Fsp3) is 0.500. The third-order valence-corrected chi connectivity index (χ3v) is 15.6. The molecule has 2 atom stereocenters. The summed E-state index contributed by atoms with van der Waals surface area (Å²) in [6, 6.07) is 16.9. The Morgan fingerprint density at radius 1 is 0.644 bits per heavy atom. The van der Waals surface area contributed by atoms with Crippen molar-refractivity contribution in [2.45, 2.75) is 59.4 Å². The zero-order valence-corrected chi connectivity index (χ0v) is 38.2. The summed E-state index contributed by atoms with van der Waals surface area (Å²) in [5.74, 6) is 3.07. The predicted molar refractivity (Wildman–Crippen MR) is 242 cm³/mol. The fourth-order valence-corrected chi connectivity index (χ4v) is 10.8. The van der Waals surface area contributed by atoms with Gasteiger partial charge in [-0.15, -0.1) is 0 Å². The van der Waals surface area contributed by atoms with Crippen LogP contribution < -0.4 is 30.7 Å². The first-order valence-electron chi connectivity index (χ1n) is 20.1. The van der Waals surface area contributed by atoms with Crippen LogP contribution in [0.1, 0.15) is 37.1 Å². The maximum Gasteiger partial charge on any atom is 0.227 e. The van der Waals surface area contributed by atoms with E-state index in [9.17, 15) is 18.6 Å². The van der Waals surface area contributed by atoms with Crippen molar-refractivity contribution in [1.29, 1.82) is 0 Å². The van der Waals surface area contributed by atoms with Crippen LogP contribution in [0.5, 0.6) is 0 Å². The molecule has 2 aromatic carbocycles. The van der Waals surface area contributed by atoms with Crippen LogP contribution in [0.15, 0.2) is 67.3 Å². The van der Waals surface area contributed by atoms with E-state index < -0.39 is 21.6 Å². The molecule has 4 fully saturated rings. The van der Waals surface area contributed by atoms with E-state index in [1.165, 1.54) is 11.4 Å². The topological polar surface area (TPSA) is 172 Å². The average Bonchev–Trinajstić information content (AvgIpc) is 4.15. The normalized spacial score (nSPS) is 21.9.